The van der Waals surface area contributed by atoms with Crippen LogP contribution in [0.1, 0.15) is 29.3 Å². The summed E-state index contributed by atoms with van der Waals surface area (Å²) in [5.41, 5.74) is 2.74. The van der Waals surface area contributed by atoms with E-state index in [4.69, 9.17) is 14.7 Å². The lowest BCUT2D eigenvalue weighted by molar-refractivity contribution is -0.136. The maximum Gasteiger partial charge on any atom is 0.274 e. The highest BCUT2D eigenvalue weighted by Crippen LogP contribution is 2.25. The summed E-state index contributed by atoms with van der Waals surface area (Å²) >= 11 is 0. The summed E-state index contributed by atoms with van der Waals surface area (Å²) in [5, 5.41) is 8.69. The van der Waals surface area contributed by atoms with Crippen LogP contribution in [0.4, 0.5) is 0 Å². The highest BCUT2D eigenvalue weighted by atomic mass is 16.5. The van der Waals surface area contributed by atoms with Gasteiger partial charge in [0, 0.05) is 37.3 Å². The molecule has 0 fully saturated rings. The van der Waals surface area contributed by atoms with Crippen LogP contribution in [0.3, 0.4) is 0 Å². The summed E-state index contributed by atoms with van der Waals surface area (Å²) < 4.78 is 10.7. The summed E-state index contributed by atoms with van der Waals surface area (Å²) in [4.78, 5) is 25.7. The number of rotatable bonds is 5. The molecule has 0 saturated heterocycles. The van der Waals surface area contributed by atoms with E-state index in [1.54, 1.807) is 35.7 Å². The van der Waals surface area contributed by atoms with Gasteiger partial charge in [0.2, 0.25) is 5.91 Å². The van der Waals surface area contributed by atoms with Crippen molar-refractivity contribution in [2.45, 2.75) is 19.9 Å². The summed E-state index contributed by atoms with van der Waals surface area (Å²) in [6.07, 6.45) is 0.676. The van der Waals surface area contributed by atoms with E-state index in [1.807, 2.05) is 6.92 Å². The number of hydrogen-bond acceptors (Lipinski definition) is 5. The van der Waals surface area contributed by atoms with Crippen molar-refractivity contribution in [2.75, 3.05) is 26.9 Å². The molecule has 1 atom stereocenters. The monoisotopic (exact) mass is 322 g/mol. The molecular weight excluding hydrogens is 300 g/mol. The van der Waals surface area contributed by atoms with Crippen molar-refractivity contribution in [1.82, 2.24) is 10.4 Å². The van der Waals surface area contributed by atoms with Gasteiger partial charge in [0.05, 0.1) is 6.54 Å². The largest absolute Gasteiger partial charge is 0.491 e. The number of hydroxylamine groups is 1. The molecule has 1 aliphatic heterocycles. The summed E-state index contributed by atoms with van der Waals surface area (Å²) in [6, 6.07) is 4.91. The lowest BCUT2D eigenvalue weighted by Crippen LogP contribution is -2.36. The second-order valence-corrected chi connectivity index (χ2v) is 5.55. The molecule has 2 rings (SSSR count). The third-order valence-electron chi connectivity index (χ3n) is 3.90. The van der Waals surface area contributed by atoms with E-state index >= 15 is 0 Å². The van der Waals surface area contributed by atoms with Gasteiger partial charge in [0.1, 0.15) is 12.4 Å². The first-order chi connectivity index (χ1) is 11.1. The van der Waals surface area contributed by atoms with E-state index in [1.165, 1.54) is 0 Å². The molecule has 1 aliphatic rings. The molecule has 7 nitrogen and oxygen atoms in total. The Kier molecular flexibility index (Phi) is 5.95. The Hall–Kier alpha value is -2.12. The first kappa shape index (κ1) is 17.2. The van der Waals surface area contributed by atoms with Crippen molar-refractivity contribution in [1.29, 1.82) is 0 Å². The number of benzene rings is 1. The van der Waals surface area contributed by atoms with Gasteiger partial charge in [-0.2, -0.15) is 0 Å². The Morgan fingerprint density at radius 1 is 1.48 bits per heavy atom. The number of fused-ring (bicyclic) bond motifs is 1. The molecule has 2 amide bonds. The predicted molar refractivity (Wildman–Crippen MR) is 82.3 cm³/mol. The highest BCUT2D eigenvalue weighted by molar-refractivity contribution is 5.93. The van der Waals surface area contributed by atoms with Crippen molar-refractivity contribution in [3.05, 3.63) is 29.3 Å². The first-order valence-corrected chi connectivity index (χ1v) is 7.54. The summed E-state index contributed by atoms with van der Waals surface area (Å²) in [7, 11) is 1.62. The third kappa shape index (κ3) is 4.20. The van der Waals surface area contributed by atoms with Gasteiger partial charge in [-0.3, -0.25) is 14.8 Å². The standard InChI is InChI=1S/C16H22N2O5/c1-11(5-7-22-2)16(20)18-6-8-23-14-9-12(15(19)17-21)3-4-13(14)10-18/h3-4,9,11,21H,5-8,10H2,1-2H3,(H,17,19). The van der Waals surface area contributed by atoms with Gasteiger partial charge in [0.25, 0.3) is 5.91 Å². The molecule has 1 aromatic rings. The topological polar surface area (TPSA) is 88.1 Å². The Labute approximate surface area is 135 Å². The number of carbonyl (C=O) groups excluding carboxylic acids is 2. The first-order valence-electron chi connectivity index (χ1n) is 7.54. The van der Waals surface area contributed by atoms with Crippen molar-refractivity contribution in [3.63, 3.8) is 0 Å². The molecule has 7 heteroatoms. The van der Waals surface area contributed by atoms with Crippen LogP contribution in [-0.4, -0.2) is 48.8 Å². The van der Waals surface area contributed by atoms with E-state index in [0.717, 1.165) is 5.56 Å². The number of nitrogens with zero attached hydrogens (tertiary/aromatic N) is 1. The van der Waals surface area contributed by atoms with Crippen LogP contribution < -0.4 is 10.2 Å². The average Bonchev–Trinajstić information content (AvgIpc) is 2.79. The molecule has 0 spiro atoms. The lowest BCUT2D eigenvalue weighted by atomic mass is 10.1. The molecule has 0 aromatic heterocycles. The van der Waals surface area contributed by atoms with E-state index in [2.05, 4.69) is 0 Å². The summed E-state index contributed by atoms with van der Waals surface area (Å²) in [5.74, 6) is -0.0840. The number of hydrogen-bond donors (Lipinski definition) is 2. The lowest BCUT2D eigenvalue weighted by Gasteiger charge is -2.23. The zero-order chi connectivity index (χ0) is 16.8. The molecular formula is C16H22N2O5. The molecule has 23 heavy (non-hydrogen) atoms. The van der Waals surface area contributed by atoms with Crippen molar-refractivity contribution in [3.8, 4) is 5.75 Å². The van der Waals surface area contributed by atoms with Gasteiger partial charge < -0.3 is 14.4 Å². The fourth-order valence-corrected chi connectivity index (χ4v) is 2.49. The van der Waals surface area contributed by atoms with Crippen LogP contribution in [-0.2, 0) is 16.1 Å². The minimum atomic E-state index is -0.596. The SMILES string of the molecule is COCCC(C)C(=O)N1CCOc2cc(C(=O)NO)ccc2C1. The predicted octanol–water partition coefficient (Wildman–Crippen LogP) is 1.20. The number of nitrogens with one attached hydrogen (secondary N) is 1. The zero-order valence-electron chi connectivity index (χ0n) is 13.4. The molecule has 1 heterocycles. The van der Waals surface area contributed by atoms with Crippen LogP contribution in [0.5, 0.6) is 5.75 Å². The van der Waals surface area contributed by atoms with Gasteiger partial charge in [0.15, 0.2) is 0 Å². The highest BCUT2D eigenvalue weighted by Gasteiger charge is 2.24. The fourth-order valence-electron chi connectivity index (χ4n) is 2.49. The number of carbonyl (C=O) groups is 2. The number of methoxy groups -OCH3 is 1. The second kappa shape index (κ2) is 7.94. The molecule has 1 aromatic carbocycles. The Morgan fingerprint density at radius 2 is 2.26 bits per heavy atom. The van der Waals surface area contributed by atoms with Crippen LogP contribution >= 0.6 is 0 Å². The minimum Gasteiger partial charge on any atom is -0.491 e. The van der Waals surface area contributed by atoms with Crippen LogP contribution in [0.15, 0.2) is 18.2 Å². The van der Waals surface area contributed by atoms with Gasteiger partial charge in [-0.05, 0) is 18.6 Å². The van der Waals surface area contributed by atoms with Crippen molar-refractivity contribution in [2.24, 2.45) is 5.92 Å². The average molecular weight is 322 g/mol. The molecule has 1 unspecified atom stereocenters. The fraction of sp³-hybridized carbons (Fsp3) is 0.500. The number of ether oxygens (including phenoxy) is 2. The molecule has 126 valence electrons. The molecule has 0 radical (unpaired) electrons. The van der Waals surface area contributed by atoms with Crippen molar-refractivity contribution >= 4 is 11.8 Å². The van der Waals surface area contributed by atoms with Gasteiger partial charge >= 0.3 is 0 Å². The van der Waals surface area contributed by atoms with Gasteiger partial charge in [-0.15, -0.1) is 0 Å². The maximum absolute atomic E-state index is 12.5. The third-order valence-corrected chi connectivity index (χ3v) is 3.90. The molecule has 0 bridgehead atoms. The van der Waals surface area contributed by atoms with E-state index in [-0.39, 0.29) is 11.8 Å². The van der Waals surface area contributed by atoms with E-state index in [0.29, 0.717) is 44.0 Å². The molecule has 0 aliphatic carbocycles. The van der Waals surface area contributed by atoms with E-state index < -0.39 is 5.91 Å². The van der Waals surface area contributed by atoms with E-state index in [9.17, 15) is 9.59 Å². The Balaban J connectivity index is 2.12. The normalized spacial score (nSPS) is 15.2. The van der Waals surface area contributed by atoms with Gasteiger partial charge in [-0.1, -0.05) is 13.0 Å². The van der Waals surface area contributed by atoms with Gasteiger partial charge in [-0.25, -0.2) is 5.48 Å². The smallest absolute Gasteiger partial charge is 0.274 e. The second-order valence-electron chi connectivity index (χ2n) is 5.55. The summed E-state index contributed by atoms with van der Waals surface area (Å²) in [6.45, 7) is 3.73. The van der Waals surface area contributed by atoms with Crippen LogP contribution in [0.25, 0.3) is 0 Å². The van der Waals surface area contributed by atoms with Crippen LogP contribution in [0, 0.1) is 5.92 Å². The Bertz CT molecular complexity index is 576. The minimum absolute atomic E-state index is 0.0654. The van der Waals surface area contributed by atoms with Crippen LogP contribution in [0.2, 0.25) is 0 Å². The molecule has 2 N–H and O–H groups in total. The quantitative estimate of drug-likeness (QED) is 0.628. The van der Waals surface area contributed by atoms with Crippen molar-refractivity contribution < 1.29 is 24.3 Å². The number of amides is 2. The zero-order valence-corrected chi connectivity index (χ0v) is 13.4. The maximum atomic E-state index is 12.5. The molecule has 0 saturated carbocycles. The Morgan fingerprint density at radius 3 is 2.96 bits per heavy atom.